The molecule has 0 amide bonds. The third kappa shape index (κ3) is 3.19. The van der Waals surface area contributed by atoms with Gasteiger partial charge in [-0.25, -0.2) is 4.39 Å². The van der Waals surface area contributed by atoms with Crippen molar-refractivity contribution in [1.82, 2.24) is 0 Å². The summed E-state index contributed by atoms with van der Waals surface area (Å²) in [4.78, 5) is 0.714. The first-order chi connectivity index (χ1) is 10.1. The summed E-state index contributed by atoms with van der Waals surface area (Å²) >= 11 is 17.4. The number of rotatable bonds is 2. The number of hydrogen-bond acceptors (Lipinski definition) is 2. The normalized spacial score (nSPS) is 17.4. The van der Waals surface area contributed by atoms with E-state index in [4.69, 9.17) is 23.2 Å². The van der Waals surface area contributed by atoms with Crippen molar-refractivity contribution < 1.29 is 4.39 Å². The summed E-state index contributed by atoms with van der Waals surface area (Å²) in [6.07, 6.45) is 0.893. The topological polar surface area (TPSA) is 12.0 Å². The zero-order valence-corrected chi connectivity index (χ0v) is 14.7. The molecule has 1 aliphatic rings. The maximum Gasteiger partial charge on any atom is 0.137 e. The summed E-state index contributed by atoms with van der Waals surface area (Å²) in [6.45, 7) is 0. The number of fused-ring (bicyclic) bond motifs is 1. The molecule has 1 aliphatic heterocycles. The van der Waals surface area contributed by atoms with E-state index in [1.54, 1.807) is 30.0 Å². The van der Waals surface area contributed by atoms with Gasteiger partial charge in [0.25, 0.3) is 0 Å². The van der Waals surface area contributed by atoms with Crippen molar-refractivity contribution in [1.29, 1.82) is 0 Å². The first-order valence-corrected chi connectivity index (χ1v) is 8.92. The van der Waals surface area contributed by atoms with Gasteiger partial charge in [0.2, 0.25) is 0 Å². The maximum absolute atomic E-state index is 13.9. The van der Waals surface area contributed by atoms with Crippen molar-refractivity contribution in [3.63, 3.8) is 0 Å². The Morgan fingerprint density at radius 1 is 1.24 bits per heavy atom. The third-order valence-corrected chi connectivity index (χ3v) is 5.56. The molecular formula is C15H11BrCl2FNS. The van der Waals surface area contributed by atoms with Crippen LogP contribution in [-0.4, -0.2) is 5.75 Å². The van der Waals surface area contributed by atoms with Crippen molar-refractivity contribution >= 4 is 56.6 Å². The summed E-state index contributed by atoms with van der Waals surface area (Å²) in [5, 5.41) is 4.46. The Kier molecular flexibility index (Phi) is 4.69. The number of hydrogen-bond donors (Lipinski definition) is 1. The fourth-order valence-electron chi connectivity index (χ4n) is 2.39. The van der Waals surface area contributed by atoms with Crippen LogP contribution in [0.5, 0.6) is 0 Å². The molecule has 1 unspecified atom stereocenters. The van der Waals surface area contributed by atoms with Crippen molar-refractivity contribution in [2.24, 2.45) is 0 Å². The molecule has 0 spiro atoms. The Morgan fingerprint density at radius 3 is 2.67 bits per heavy atom. The number of benzene rings is 2. The average molecular weight is 407 g/mol. The highest BCUT2D eigenvalue weighted by atomic mass is 79.9. The van der Waals surface area contributed by atoms with Crippen molar-refractivity contribution in [3.8, 4) is 0 Å². The van der Waals surface area contributed by atoms with Crippen molar-refractivity contribution in [3.05, 3.63) is 56.2 Å². The number of anilines is 1. The van der Waals surface area contributed by atoms with E-state index in [2.05, 4.69) is 21.2 Å². The van der Waals surface area contributed by atoms with Crippen LogP contribution in [0, 0.1) is 5.82 Å². The minimum atomic E-state index is -0.169. The lowest BCUT2D eigenvalue weighted by atomic mass is 10.0. The summed E-state index contributed by atoms with van der Waals surface area (Å²) in [5.41, 5.74) is 1.65. The molecule has 3 rings (SSSR count). The monoisotopic (exact) mass is 405 g/mol. The van der Waals surface area contributed by atoms with Gasteiger partial charge in [-0.2, -0.15) is 0 Å². The maximum atomic E-state index is 13.9. The average Bonchev–Trinajstić information content (AvgIpc) is 2.43. The largest absolute Gasteiger partial charge is 0.376 e. The Balaban J connectivity index is 1.96. The van der Waals surface area contributed by atoms with Gasteiger partial charge in [-0.1, -0.05) is 51.3 Å². The molecule has 2 aromatic rings. The van der Waals surface area contributed by atoms with E-state index in [1.807, 2.05) is 6.07 Å². The van der Waals surface area contributed by atoms with Crippen LogP contribution in [0.4, 0.5) is 10.1 Å². The zero-order chi connectivity index (χ0) is 15.0. The Labute approximate surface area is 145 Å². The molecule has 0 saturated carbocycles. The lowest BCUT2D eigenvalue weighted by molar-refractivity contribution is 0.585. The predicted octanol–water partition coefficient (Wildman–Crippen LogP) is 6.54. The van der Waals surface area contributed by atoms with Crippen LogP contribution >= 0.6 is 50.9 Å². The van der Waals surface area contributed by atoms with Gasteiger partial charge in [0.1, 0.15) is 5.82 Å². The number of thioether (sulfide) groups is 1. The standard InChI is InChI=1S/C15H11BrCl2FNS/c16-8-6-10(17)14(11(18)7-8)20-13-4-5-21-15-9(13)2-1-3-12(15)19/h1-3,6-7,13,20H,4-5H2. The van der Waals surface area contributed by atoms with Crippen LogP contribution in [0.3, 0.4) is 0 Å². The summed E-state index contributed by atoms with van der Waals surface area (Å²) in [6, 6.07) is 8.77. The summed E-state index contributed by atoms with van der Waals surface area (Å²) in [7, 11) is 0. The minimum Gasteiger partial charge on any atom is -0.376 e. The molecule has 6 heteroatoms. The van der Waals surface area contributed by atoms with Crippen LogP contribution in [0.1, 0.15) is 18.0 Å². The van der Waals surface area contributed by atoms with Gasteiger partial charge < -0.3 is 5.32 Å². The zero-order valence-electron chi connectivity index (χ0n) is 10.8. The summed E-state index contributed by atoms with van der Waals surface area (Å²) < 4.78 is 14.7. The molecule has 110 valence electrons. The molecule has 1 atom stereocenters. The van der Waals surface area contributed by atoms with E-state index in [-0.39, 0.29) is 11.9 Å². The molecule has 1 heterocycles. The van der Waals surface area contributed by atoms with E-state index in [0.29, 0.717) is 20.6 Å². The van der Waals surface area contributed by atoms with Crippen LogP contribution in [0.15, 0.2) is 39.7 Å². The van der Waals surface area contributed by atoms with Gasteiger partial charge in [-0.3, -0.25) is 0 Å². The highest BCUT2D eigenvalue weighted by Crippen LogP contribution is 2.42. The van der Waals surface area contributed by atoms with Crippen molar-refractivity contribution in [2.75, 3.05) is 11.1 Å². The van der Waals surface area contributed by atoms with Gasteiger partial charge in [0.05, 0.1) is 21.8 Å². The lowest BCUT2D eigenvalue weighted by Gasteiger charge is -2.27. The van der Waals surface area contributed by atoms with Gasteiger partial charge in [0, 0.05) is 15.1 Å². The van der Waals surface area contributed by atoms with E-state index >= 15 is 0 Å². The van der Waals surface area contributed by atoms with E-state index in [1.165, 1.54) is 6.07 Å². The second kappa shape index (κ2) is 6.37. The SMILES string of the molecule is Fc1cccc2c1SCCC2Nc1c(Cl)cc(Br)cc1Cl. The highest BCUT2D eigenvalue weighted by molar-refractivity contribution is 9.10. The van der Waals surface area contributed by atoms with Gasteiger partial charge >= 0.3 is 0 Å². The quantitative estimate of drug-likeness (QED) is 0.607. The van der Waals surface area contributed by atoms with Crippen LogP contribution in [0.2, 0.25) is 10.0 Å². The Hall–Kier alpha value is -0.420. The Morgan fingerprint density at radius 2 is 1.95 bits per heavy atom. The minimum absolute atomic E-state index is 0.00752. The summed E-state index contributed by atoms with van der Waals surface area (Å²) in [5.74, 6) is 0.689. The molecule has 1 N–H and O–H groups in total. The molecule has 1 nitrogen and oxygen atoms in total. The first-order valence-electron chi connectivity index (χ1n) is 6.38. The third-order valence-electron chi connectivity index (χ3n) is 3.35. The van der Waals surface area contributed by atoms with E-state index in [0.717, 1.165) is 22.2 Å². The molecule has 0 aliphatic carbocycles. The molecule has 0 fully saturated rings. The smallest absolute Gasteiger partial charge is 0.137 e. The molecule has 0 bridgehead atoms. The van der Waals surface area contributed by atoms with Crippen LogP contribution in [0.25, 0.3) is 0 Å². The molecule has 0 saturated heterocycles. The molecule has 2 aromatic carbocycles. The van der Waals surface area contributed by atoms with Gasteiger partial charge in [-0.05, 0) is 30.2 Å². The second-order valence-corrected chi connectivity index (χ2v) is 7.57. The van der Waals surface area contributed by atoms with Crippen molar-refractivity contribution in [2.45, 2.75) is 17.4 Å². The lowest BCUT2D eigenvalue weighted by Crippen LogP contribution is -2.17. The molecule has 21 heavy (non-hydrogen) atoms. The molecule has 0 aromatic heterocycles. The fourth-order valence-corrected chi connectivity index (χ4v) is 4.85. The number of halogens is 4. The molecule has 0 radical (unpaired) electrons. The fraction of sp³-hybridized carbons (Fsp3) is 0.200. The van der Waals surface area contributed by atoms with Gasteiger partial charge in [-0.15, -0.1) is 11.8 Å². The van der Waals surface area contributed by atoms with Gasteiger partial charge in [0.15, 0.2) is 0 Å². The van der Waals surface area contributed by atoms with Crippen LogP contribution in [-0.2, 0) is 0 Å². The van der Waals surface area contributed by atoms with E-state index in [9.17, 15) is 4.39 Å². The first kappa shape index (κ1) is 15.5. The van der Waals surface area contributed by atoms with E-state index < -0.39 is 0 Å². The Bertz CT molecular complexity index is 672. The second-order valence-electron chi connectivity index (χ2n) is 4.74. The highest BCUT2D eigenvalue weighted by Gasteiger charge is 2.24. The predicted molar refractivity (Wildman–Crippen MR) is 92.3 cm³/mol. The van der Waals surface area contributed by atoms with Crippen LogP contribution < -0.4 is 5.32 Å². The molecular weight excluding hydrogens is 396 g/mol. The number of nitrogens with one attached hydrogen (secondary N) is 1.